The summed E-state index contributed by atoms with van der Waals surface area (Å²) >= 11 is 2.18. The molecule has 3 aromatic carbocycles. The molecule has 1 atom stereocenters. The van der Waals surface area contributed by atoms with Gasteiger partial charge in [-0.05, 0) is 58.3 Å². The fourth-order valence-corrected chi connectivity index (χ4v) is 3.59. The summed E-state index contributed by atoms with van der Waals surface area (Å²) in [4.78, 5) is 12.1. The highest BCUT2D eigenvalue weighted by molar-refractivity contribution is 14.1. The molecule has 0 spiro atoms. The quantitative estimate of drug-likeness (QED) is 0.244. The number of halogens is 1. The van der Waals surface area contributed by atoms with E-state index < -0.39 is 12.0 Å². The van der Waals surface area contributed by atoms with Gasteiger partial charge in [-0.3, -0.25) is 4.79 Å². The Balaban J connectivity index is 1.69. The summed E-state index contributed by atoms with van der Waals surface area (Å²) in [7, 11) is 0. The first kappa shape index (κ1) is 22.8. The molecule has 0 bridgehead atoms. The van der Waals surface area contributed by atoms with Crippen molar-refractivity contribution in [2.45, 2.75) is 19.6 Å². The maximum absolute atomic E-state index is 12.1. The minimum absolute atomic E-state index is 0.428. The van der Waals surface area contributed by atoms with Crippen molar-refractivity contribution in [3.8, 4) is 11.5 Å². The van der Waals surface area contributed by atoms with Gasteiger partial charge in [-0.15, -0.1) is 0 Å². The third-order valence-electron chi connectivity index (χ3n) is 4.31. The van der Waals surface area contributed by atoms with Crippen LogP contribution >= 0.6 is 22.6 Å². The SMILES string of the molecule is CCOc1cc(/C=N\NC(=O)[C@H](O)c2ccccc2)cc(I)c1OCc1ccccc1. The second-order valence-corrected chi connectivity index (χ2v) is 7.75. The van der Waals surface area contributed by atoms with Crippen molar-refractivity contribution in [1.82, 2.24) is 5.43 Å². The molecule has 0 heterocycles. The topological polar surface area (TPSA) is 80.2 Å². The van der Waals surface area contributed by atoms with Crippen molar-refractivity contribution in [1.29, 1.82) is 0 Å². The summed E-state index contributed by atoms with van der Waals surface area (Å²) in [5, 5.41) is 14.1. The molecular weight excluding hydrogens is 507 g/mol. The molecule has 0 fully saturated rings. The lowest BCUT2D eigenvalue weighted by atomic mass is 10.1. The number of amides is 1. The lowest BCUT2D eigenvalue weighted by Crippen LogP contribution is -2.25. The summed E-state index contributed by atoms with van der Waals surface area (Å²) in [5.74, 6) is 0.652. The average Bonchev–Trinajstić information content (AvgIpc) is 2.79. The van der Waals surface area contributed by atoms with Gasteiger partial charge in [0.2, 0.25) is 0 Å². The predicted molar refractivity (Wildman–Crippen MR) is 128 cm³/mol. The van der Waals surface area contributed by atoms with Crippen LogP contribution in [0.15, 0.2) is 77.9 Å². The Bertz CT molecular complexity index is 1030. The highest BCUT2D eigenvalue weighted by Crippen LogP contribution is 2.34. The molecule has 0 aliphatic rings. The Hall–Kier alpha value is -2.91. The lowest BCUT2D eigenvalue weighted by Gasteiger charge is -2.15. The number of nitrogens with zero attached hydrogens (tertiary/aromatic N) is 1. The second kappa shape index (κ2) is 11.5. The van der Waals surface area contributed by atoms with E-state index >= 15 is 0 Å². The van der Waals surface area contributed by atoms with Gasteiger partial charge in [0.25, 0.3) is 5.91 Å². The maximum atomic E-state index is 12.1. The van der Waals surface area contributed by atoms with Crippen molar-refractivity contribution < 1.29 is 19.4 Å². The number of aliphatic hydroxyl groups excluding tert-OH is 1. The van der Waals surface area contributed by atoms with Gasteiger partial charge in [0, 0.05) is 0 Å². The number of benzene rings is 3. The van der Waals surface area contributed by atoms with Crippen LogP contribution in [0.5, 0.6) is 11.5 Å². The number of hydrogen-bond acceptors (Lipinski definition) is 5. The molecule has 0 saturated heterocycles. The molecule has 3 aromatic rings. The molecule has 0 unspecified atom stereocenters. The minimum atomic E-state index is -1.29. The van der Waals surface area contributed by atoms with E-state index in [2.05, 4.69) is 33.1 Å². The second-order valence-electron chi connectivity index (χ2n) is 6.58. The standard InChI is InChI=1S/C24H23IN2O4/c1-2-30-21-14-18(13-20(25)23(21)31-16-17-9-5-3-6-10-17)15-26-27-24(29)22(28)19-11-7-4-8-12-19/h3-15,22,28H,2,16H2,1H3,(H,27,29)/b26-15-/t22-/m1/s1. The van der Waals surface area contributed by atoms with E-state index in [1.807, 2.05) is 49.4 Å². The van der Waals surface area contributed by atoms with Gasteiger partial charge in [0.1, 0.15) is 6.61 Å². The molecule has 2 N–H and O–H groups in total. The van der Waals surface area contributed by atoms with Crippen molar-refractivity contribution in [3.05, 3.63) is 93.1 Å². The van der Waals surface area contributed by atoms with Gasteiger partial charge in [0.05, 0.1) is 16.4 Å². The number of nitrogens with one attached hydrogen (secondary N) is 1. The molecule has 0 aliphatic carbocycles. The van der Waals surface area contributed by atoms with Crippen molar-refractivity contribution >= 4 is 34.7 Å². The van der Waals surface area contributed by atoms with E-state index in [4.69, 9.17) is 9.47 Å². The number of carbonyl (C=O) groups excluding carboxylic acids is 1. The molecule has 6 nitrogen and oxygen atoms in total. The molecule has 0 aromatic heterocycles. The molecule has 1 amide bonds. The van der Waals surface area contributed by atoms with E-state index in [0.717, 1.165) is 14.7 Å². The zero-order valence-corrected chi connectivity index (χ0v) is 19.2. The van der Waals surface area contributed by atoms with Gasteiger partial charge in [0.15, 0.2) is 17.6 Å². The fraction of sp³-hybridized carbons (Fsp3) is 0.167. The molecule has 0 radical (unpaired) electrons. The zero-order valence-electron chi connectivity index (χ0n) is 17.0. The maximum Gasteiger partial charge on any atom is 0.273 e. The van der Waals surface area contributed by atoms with Crippen LogP contribution in [-0.4, -0.2) is 23.8 Å². The molecule has 3 rings (SSSR count). The number of hydrazone groups is 1. The molecule has 0 saturated carbocycles. The summed E-state index contributed by atoms with van der Waals surface area (Å²) in [6.45, 7) is 2.82. The largest absolute Gasteiger partial charge is 0.490 e. The van der Waals surface area contributed by atoms with Crippen LogP contribution in [0.25, 0.3) is 0 Å². The number of hydrogen-bond donors (Lipinski definition) is 2. The van der Waals surface area contributed by atoms with Gasteiger partial charge in [-0.2, -0.15) is 5.10 Å². The number of carbonyl (C=O) groups is 1. The number of rotatable bonds is 9. The Morgan fingerprint density at radius 2 is 1.77 bits per heavy atom. The van der Waals surface area contributed by atoms with Crippen molar-refractivity contribution in [2.75, 3.05) is 6.61 Å². The molecule has 160 valence electrons. The molecular formula is C24H23IN2O4. The van der Waals surface area contributed by atoms with Crippen LogP contribution in [0, 0.1) is 3.57 Å². The Morgan fingerprint density at radius 1 is 1.10 bits per heavy atom. The van der Waals surface area contributed by atoms with E-state index in [1.54, 1.807) is 30.3 Å². The van der Waals surface area contributed by atoms with Crippen LogP contribution in [0.1, 0.15) is 29.7 Å². The minimum Gasteiger partial charge on any atom is -0.490 e. The van der Waals surface area contributed by atoms with Gasteiger partial charge >= 0.3 is 0 Å². The van der Waals surface area contributed by atoms with E-state index in [1.165, 1.54) is 6.21 Å². The number of aliphatic hydroxyl groups is 1. The molecule has 0 aliphatic heterocycles. The molecule has 31 heavy (non-hydrogen) atoms. The summed E-state index contributed by atoms with van der Waals surface area (Å²) in [5.41, 5.74) is 4.66. The smallest absolute Gasteiger partial charge is 0.273 e. The van der Waals surface area contributed by atoms with Crippen LogP contribution in [0.3, 0.4) is 0 Å². The van der Waals surface area contributed by atoms with Gasteiger partial charge in [-0.1, -0.05) is 60.7 Å². The Labute approximate surface area is 195 Å². The Morgan fingerprint density at radius 3 is 2.45 bits per heavy atom. The monoisotopic (exact) mass is 530 g/mol. The van der Waals surface area contributed by atoms with Crippen LogP contribution in [-0.2, 0) is 11.4 Å². The van der Waals surface area contributed by atoms with Gasteiger partial charge in [-0.25, -0.2) is 5.43 Å². The van der Waals surface area contributed by atoms with E-state index in [0.29, 0.717) is 30.3 Å². The number of ether oxygens (including phenoxy) is 2. The summed E-state index contributed by atoms with van der Waals surface area (Å²) in [6.07, 6.45) is 0.215. The molecule has 7 heteroatoms. The van der Waals surface area contributed by atoms with Crippen molar-refractivity contribution in [3.63, 3.8) is 0 Å². The summed E-state index contributed by atoms with van der Waals surface area (Å²) in [6, 6.07) is 22.3. The third kappa shape index (κ3) is 6.53. The Kier molecular flexibility index (Phi) is 8.43. The van der Waals surface area contributed by atoms with Gasteiger partial charge < -0.3 is 14.6 Å². The van der Waals surface area contributed by atoms with E-state index in [-0.39, 0.29) is 0 Å². The first-order valence-corrected chi connectivity index (χ1v) is 10.9. The van der Waals surface area contributed by atoms with E-state index in [9.17, 15) is 9.90 Å². The third-order valence-corrected chi connectivity index (χ3v) is 5.11. The highest BCUT2D eigenvalue weighted by atomic mass is 127. The highest BCUT2D eigenvalue weighted by Gasteiger charge is 2.16. The first-order valence-electron chi connectivity index (χ1n) is 9.77. The summed E-state index contributed by atoms with van der Waals surface area (Å²) < 4.78 is 12.6. The first-order chi connectivity index (χ1) is 15.1. The normalized spacial score (nSPS) is 11.8. The average molecular weight is 530 g/mol. The predicted octanol–water partition coefficient (Wildman–Crippen LogP) is 4.45. The fourth-order valence-electron chi connectivity index (χ4n) is 2.81. The van der Waals surface area contributed by atoms with Crippen LogP contribution in [0.2, 0.25) is 0 Å². The van der Waals surface area contributed by atoms with Crippen LogP contribution < -0.4 is 14.9 Å². The van der Waals surface area contributed by atoms with Crippen LogP contribution in [0.4, 0.5) is 0 Å². The lowest BCUT2D eigenvalue weighted by molar-refractivity contribution is -0.129. The van der Waals surface area contributed by atoms with Crippen molar-refractivity contribution in [2.24, 2.45) is 5.10 Å². The zero-order chi connectivity index (χ0) is 22.1.